The van der Waals surface area contributed by atoms with Gasteiger partial charge in [0.2, 0.25) is 10.0 Å². The first-order chi connectivity index (χ1) is 17.4. The highest BCUT2D eigenvalue weighted by molar-refractivity contribution is 7.89. The minimum atomic E-state index is -3.66. The van der Waals surface area contributed by atoms with Gasteiger partial charge in [-0.3, -0.25) is 4.90 Å². The van der Waals surface area contributed by atoms with Gasteiger partial charge in [0.05, 0.1) is 36.3 Å². The lowest BCUT2D eigenvalue weighted by atomic mass is 10.1. The number of methoxy groups -OCH3 is 1. The zero-order chi connectivity index (χ0) is 25.5. The second-order valence-corrected chi connectivity index (χ2v) is 10.9. The molecule has 7 nitrogen and oxygen atoms in total. The smallest absolute Gasteiger partial charge is 0.243 e. The molecule has 0 aromatic heterocycles. The molecule has 1 saturated heterocycles. The summed E-state index contributed by atoms with van der Waals surface area (Å²) >= 11 is 6.13. The average molecular weight is 526 g/mol. The van der Waals surface area contributed by atoms with Crippen LogP contribution in [0.15, 0.2) is 77.7 Å². The third-order valence-electron chi connectivity index (χ3n) is 6.16. The van der Waals surface area contributed by atoms with Gasteiger partial charge in [0.25, 0.3) is 0 Å². The van der Waals surface area contributed by atoms with Crippen molar-refractivity contribution in [2.24, 2.45) is 0 Å². The highest BCUT2D eigenvalue weighted by atomic mass is 35.5. The highest BCUT2D eigenvalue weighted by Gasteiger charge is 2.30. The maximum atomic E-state index is 13.1. The first kappa shape index (κ1) is 26.1. The van der Waals surface area contributed by atoms with Crippen LogP contribution in [0.1, 0.15) is 22.8 Å². The van der Waals surface area contributed by atoms with Crippen LogP contribution in [0.4, 0.5) is 0 Å². The van der Waals surface area contributed by atoms with Gasteiger partial charge in [0, 0.05) is 37.7 Å². The number of hydrogen-bond donors (Lipinski definition) is 0. The molecule has 0 spiro atoms. The summed E-state index contributed by atoms with van der Waals surface area (Å²) in [5, 5.41) is 9.78. The Morgan fingerprint density at radius 3 is 2.47 bits per heavy atom. The van der Waals surface area contributed by atoms with Crippen LogP contribution in [0.3, 0.4) is 0 Å². The van der Waals surface area contributed by atoms with Crippen LogP contribution in [0, 0.1) is 11.3 Å². The van der Waals surface area contributed by atoms with Crippen molar-refractivity contribution in [3.63, 3.8) is 0 Å². The van der Waals surface area contributed by atoms with Gasteiger partial charge in [0.1, 0.15) is 5.75 Å². The summed E-state index contributed by atoms with van der Waals surface area (Å²) < 4.78 is 39.4. The van der Waals surface area contributed by atoms with E-state index in [-0.39, 0.29) is 11.0 Å². The van der Waals surface area contributed by atoms with Gasteiger partial charge >= 0.3 is 0 Å². The predicted molar refractivity (Wildman–Crippen MR) is 138 cm³/mol. The Kier molecular flexibility index (Phi) is 8.62. The van der Waals surface area contributed by atoms with Crippen molar-refractivity contribution in [2.45, 2.75) is 17.6 Å². The first-order valence-corrected chi connectivity index (χ1v) is 13.4. The van der Waals surface area contributed by atoms with Crippen LogP contribution in [0.25, 0.3) is 0 Å². The van der Waals surface area contributed by atoms with E-state index in [1.165, 1.54) is 16.4 Å². The molecule has 3 aromatic rings. The largest absolute Gasteiger partial charge is 0.497 e. The molecule has 4 rings (SSSR count). The van der Waals surface area contributed by atoms with Gasteiger partial charge in [-0.2, -0.15) is 9.57 Å². The van der Waals surface area contributed by atoms with E-state index in [1.807, 2.05) is 54.6 Å². The molecule has 1 aliphatic rings. The summed E-state index contributed by atoms with van der Waals surface area (Å²) in [6.07, 6.45) is -0.241. The van der Waals surface area contributed by atoms with Crippen molar-refractivity contribution in [1.82, 2.24) is 9.21 Å². The highest BCUT2D eigenvalue weighted by Crippen LogP contribution is 2.26. The van der Waals surface area contributed by atoms with Crippen LogP contribution in [0.5, 0.6) is 5.75 Å². The van der Waals surface area contributed by atoms with E-state index in [9.17, 15) is 8.42 Å². The molecule has 0 aliphatic carbocycles. The standard InChI is InChI=1S/C27H28ClN3O4S/c1-34-25-9-4-7-23(17-25)27(35-20-22-6-2-8-24(28)15-22)19-30-11-13-31(14-12-30)36(32,33)26-10-3-5-21(16-26)18-29/h2-10,15-17,27H,11-14,19-20H2,1H3. The lowest BCUT2D eigenvalue weighted by molar-refractivity contribution is 0.00763. The third kappa shape index (κ3) is 6.44. The molecule has 1 fully saturated rings. The third-order valence-corrected chi connectivity index (χ3v) is 8.29. The van der Waals surface area contributed by atoms with Crippen LogP contribution < -0.4 is 4.74 Å². The molecule has 1 unspecified atom stereocenters. The molecule has 0 saturated carbocycles. The molecular formula is C27H28ClN3O4S. The Morgan fingerprint density at radius 2 is 1.75 bits per heavy atom. The van der Waals surface area contributed by atoms with Crippen molar-refractivity contribution < 1.29 is 17.9 Å². The fraction of sp³-hybridized carbons (Fsp3) is 0.296. The van der Waals surface area contributed by atoms with Gasteiger partial charge < -0.3 is 9.47 Å². The summed E-state index contributed by atoms with van der Waals surface area (Å²) in [4.78, 5) is 2.36. The van der Waals surface area contributed by atoms with Crippen molar-refractivity contribution in [3.8, 4) is 11.8 Å². The summed E-state index contributed by atoms with van der Waals surface area (Å²) in [6.45, 7) is 2.85. The molecule has 0 bridgehead atoms. The zero-order valence-electron chi connectivity index (χ0n) is 20.0. The number of piperazine rings is 1. The normalized spacial score (nSPS) is 15.8. The lowest BCUT2D eigenvalue weighted by Crippen LogP contribution is -2.49. The molecule has 0 amide bonds. The van der Waals surface area contributed by atoms with E-state index in [2.05, 4.69) is 4.90 Å². The van der Waals surface area contributed by atoms with Gasteiger partial charge in [-0.15, -0.1) is 0 Å². The fourth-order valence-electron chi connectivity index (χ4n) is 4.18. The van der Waals surface area contributed by atoms with E-state index < -0.39 is 10.0 Å². The number of nitriles is 1. The average Bonchev–Trinajstić information content (AvgIpc) is 2.91. The van der Waals surface area contributed by atoms with Crippen molar-refractivity contribution in [3.05, 3.63) is 94.5 Å². The monoisotopic (exact) mass is 525 g/mol. The van der Waals surface area contributed by atoms with E-state index in [1.54, 1.807) is 19.2 Å². The number of halogens is 1. The molecule has 1 aliphatic heterocycles. The zero-order valence-corrected chi connectivity index (χ0v) is 21.6. The van der Waals surface area contributed by atoms with Gasteiger partial charge in [-0.05, 0) is 53.6 Å². The summed E-state index contributed by atoms with van der Waals surface area (Å²) in [5.41, 5.74) is 2.29. The minimum absolute atomic E-state index is 0.147. The Morgan fingerprint density at radius 1 is 1.00 bits per heavy atom. The number of sulfonamides is 1. The fourth-order valence-corrected chi connectivity index (χ4v) is 5.86. The Balaban J connectivity index is 1.44. The van der Waals surface area contributed by atoms with Crippen molar-refractivity contribution in [2.75, 3.05) is 39.8 Å². The molecule has 1 atom stereocenters. The summed E-state index contributed by atoms with van der Waals surface area (Å²) in [7, 11) is -2.03. The molecule has 0 N–H and O–H groups in total. The topological polar surface area (TPSA) is 82.9 Å². The van der Waals surface area contributed by atoms with Gasteiger partial charge in [-0.1, -0.05) is 41.9 Å². The molecular weight excluding hydrogens is 498 g/mol. The molecule has 0 radical (unpaired) electrons. The number of hydrogen-bond acceptors (Lipinski definition) is 6. The van der Waals surface area contributed by atoms with Crippen LogP contribution >= 0.6 is 11.6 Å². The Labute approximate surface area is 217 Å². The van der Waals surface area contributed by atoms with Gasteiger partial charge in [-0.25, -0.2) is 8.42 Å². The Bertz CT molecular complexity index is 1330. The van der Waals surface area contributed by atoms with Crippen LogP contribution in [0.2, 0.25) is 5.02 Å². The second-order valence-electron chi connectivity index (χ2n) is 8.55. The van der Waals surface area contributed by atoms with E-state index in [0.717, 1.165) is 16.9 Å². The van der Waals surface area contributed by atoms with E-state index in [0.29, 0.717) is 49.9 Å². The van der Waals surface area contributed by atoms with Gasteiger partial charge in [0.15, 0.2) is 0 Å². The second kappa shape index (κ2) is 11.9. The van der Waals surface area contributed by atoms with Crippen LogP contribution in [-0.2, 0) is 21.4 Å². The number of nitrogens with zero attached hydrogens (tertiary/aromatic N) is 3. The minimum Gasteiger partial charge on any atom is -0.497 e. The molecule has 36 heavy (non-hydrogen) atoms. The van der Waals surface area contributed by atoms with E-state index >= 15 is 0 Å². The predicted octanol–water partition coefficient (Wildman–Crippen LogP) is 4.48. The quantitative estimate of drug-likeness (QED) is 0.409. The molecule has 188 valence electrons. The maximum absolute atomic E-state index is 13.1. The Hall–Kier alpha value is -2.93. The van der Waals surface area contributed by atoms with E-state index in [4.69, 9.17) is 26.3 Å². The number of benzene rings is 3. The van der Waals surface area contributed by atoms with Crippen molar-refractivity contribution >= 4 is 21.6 Å². The first-order valence-electron chi connectivity index (χ1n) is 11.6. The maximum Gasteiger partial charge on any atom is 0.243 e. The molecule has 1 heterocycles. The summed E-state index contributed by atoms with van der Waals surface area (Å²) in [6, 6.07) is 23.5. The number of ether oxygens (including phenoxy) is 2. The molecule has 9 heteroatoms. The molecule has 3 aromatic carbocycles. The van der Waals surface area contributed by atoms with Crippen LogP contribution in [-0.4, -0.2) is 57.5 Å². The SMILES string of the molecule is COc1cccc(C(CN2CCN(S(=O)(=O)c3cccc(C#N)c3)CC2)OCc2cccc(Cl)c2)c1. The number of rotatable bonds is 9. The lowest BCUT2D eigenvalue weighted by Gasteiger charge is -2.36. The summed E-state index contributed by atoms with van der Waals surface area (Å²) in [5.74, 6) is 0.749. The van der Waals surface area contributed by atoms with Crippen molar-refractivity contribution in [1.29, 1.82) is 5.26 Å².